The van der Waals surface area contributed by atoms with E-state index in [1.807, 2.05) is 77.4 Å². The molecular formula is C52H62N4O10. The lowest BCUT2D eigenvalue weighted by Crippen LogP contribution is -2.50. The molecule has 10 rings (SSSR count). The molecule has 5 aromatic rings. The predicted octanol–water partition coefficient (Wildman–Crippen LogP) is 7.08. The number of aliphatic hydroxyl groups excluding tert-OH is 4. The van der Waals surface area contributed by atoms with Gasteiger partial charge < -0.3 is 59.5 Å². The van der Waals surface area contributed by atoms with Crippen LogP contribution in [0.25, 0.3) is 10.9 Å². The summed E-state index contributed by atoms with van der Waals surface area (Å²) in [5.74, 6) is 2.78. The van der Waals surface area contributed by atoms with Crippen molar-refractivity contribution in [3.05, 3.63) is 101 Å². The fourth-order valence-corrected chi connectivity index (χ4v) is 9.90. The van der Waals surface area contributed by atoms with Gasteiger partial charge in [-0.15, -0.1) is 0 Å². The quantitative estimate of drug-likeness (QED) is 0.0753. The molecule has 0 radical (unpaired) electrons. The van der Waals surface area contributed by atoms with Crippen LogP contribution in [0, 0.1) is 5.41 Å². The highest BCUT2D eigenvalue weighted by atomic mass is 16.7. The fourth-order valence-electron chi connectivity index (χ4n) is 9.90. The Morgan fingerprint density at radius 3 is 1.62 bits per heavy atom. The Hall–Kier alpha value is -5.80. The van der Waals surface area contributed by atoms with Crippen LogP contribution in [0.5, 0.6) is 23.0 Å². The second kappa shape index (κ2) is 17.1. The monoisotopic (exact) mass is 902 g/mol. The molecule has 3 aliphatic heterocycles. The summed E-state index contributed by atoms with van der Waals surface area (Å²) in [5, 5.41) is 46.6. The number of rotatable bonds is 12. The maximum atomic E-state index is 13.3. The Labute approximate surface area is 385 Å². The molecule has 1 atom stereocenters. The van der Waals surface area contributed by atoms with Crippen LogP contribution in [-0.4, -0.2) is 88.9 Å². The minimum Gasteiger partial charge on any atom is -0.454 e. The molecule has 4 heterocycles. The van der Waals surface area contributed by atoms with Gasteiger partial charge in [0, 0.05) is 45.1 Å². The van der Waals surface area contributed by atoms with Crippen LogP contribution in [-0.2, 0) is 32.3 Å². The Morgan fingerprint density at radius 2 is 1.14 bits per heavy atom. The molecule has 0 bridgehead atoms. The number of hydrogen-bond donors (Lipinski definition) is 6. The Kier molecular flexibility index (Phi) is 11.8. The lowest BCUT2D eigenvalue weighted by molar-refractivity contribution is -0.119. The molecule has 2 fully saturated rings. The number of ether oxygens (including phenoxy) is 4. The average molecular weight is 903 g/mol. The first kappa shape index (κ1) is 45.4. The smallest absolute Gasteiger partial charge is 0.235 e. The van der Waals surface area contributed by atoms with Crippen molar-refractivity contribution in [2.45, 2.75) is 108 Å². The second-order valence-corrected chi connectivity index (χ2v) is 20.5. The first-order chi connectivity index (χ1) is 31.5. The summed E-state index contributed by atoms with van der Waals surface area (Å²) in [6.07, 6.45) is 3.99. The maximum Gasteiger partial charge on any atom is 0.235 e. The molecule has 6 N–H and O–H groups in total. The number of nitrogens with zero attached hydrogens (tertiary/aromatic N) is 2. The molecule has 0 saturated heterocycles. The highest BCUT2D eigenvalue weighted by molar-refractivity contribution is 6.03. The summed E-state index contributed by atoms with van der Waals surface area (Å²) >= 11 is 0. The van der Waals surface area contributed by atoms with Gasteiger partial charge in [-0.2, -0.15) is 0 Å². The highest BCUT2D eigenvalue weighted by Gasteiger charge is 2.53. The number of benzene rings is 4. The van der Waals surface area contributed by atoms with E-state index in [2.05, 4.69) is 63.1 Å². The number of carbonyl (C=O) groups is 2. The molecule has 66 heavy (non-hydrogen) atoms. The summed E-state index contributed by atoms with van der Waals surface area (Å²) in [6.45, 7) is 12.7. The van der Waals surface area contributed by atoms with Gasteiger partial charge >= 0.3 is 0 Å². The van der Waals surface area contributed by atoms with Crippen molar-refractivity contribution in [2.24, 2.45) is 5.41 Å². The van der Waals surface area contributed by atoms with Crippen LogP contribution in [0.15, 0.2) is 78.9 Å². The molecule has 2 amide bonds. The van der Waals surface area contributed by atoms with Crippen molar-refractivity contribution in [2.75, 3.05) is 55.5 Å². The third kappa shape index (κ3) is 8.22. The summed E-state index contributed by atoms with van der Waals surface area (Å²) in [6, 6.07) is 24.7. The molecule has 350 valence electrons. The van der Waals surface area contributed by atoms with E-state index in [4.69, 9.17) is 18.9 Å². The van der Waals surface area contributed by atoms with Crippen molar-refractivity contribution >= 4 is 39.8 Å². The zero-order valence-corrected chi connectivity index (χ0v) is 38.6. The van der Waals surface area contributed by atoms with Gasteiger partial charge in [0.25, 0.3) is 0 Å². The third-order valence-corrected chi connectivity index (χ3v) is 14.1. The molecule has 1 unspecified atom stereocenters. The topological polar surface area (TPSA) is 184 Å². The summed E-state index contributed by atoms with van der Waals surface area (Å²) in [5.41, 5.74) is 6.17. The maximum absolute atomic E-state index is 13.3. The van der Waals surface area contributed by atoms with E-state index in [9.17, 15) is 30.0 Å². The number of fused-ring (bicyclic) bond motifs is 4. The SMILES string of the molecule is CC(C)(C)C1Cc2cc(NC(=O)C3(c4ccc5c(c4)OCO5)CC3)ccc2N1C(CO)CO.CC(C)(C)c1cc2cc(NC(=O)C3(c4ccc5c(c4)OCO5)CC3)ccc2n1C(CO)CO. The van der Waals surface area contributed by atoms with Gasteiger partial charge in [0.15, 0.2) is 23.0 Å². The van der Waals surface area contributed by atoms with Gasteiger partial charge in [-0.3, -0.25) is 9.59 Å². The van der Waals surface area contributed by atoms with Crippen molar-refractivity contribution in [1.82, 2.24) is 4.57 Å². The Morgan fingerprint density at radius 1 is 0.636 bits per heavy atom. The molecule has 2 saturated carbocycles. The van der Waals surface area contributed by atoms with Gasteiger partial charge in [-0.1, -0.05) is 53.7 Å². The Bertz CT molecular complexity index is 2650. The lowest BCUT2D eigenvalue weighted by Gasteiger charge is -2.40. The molecule has 14 heteroatoms. The van der Waals surface area contributed by atoms with E-state index in [0.29, 0.717) is 17.2 Å². The van der Waals surface area contributed by atoms with Gasteiger partial charge in [-0.25, -0.2) is 0 Å². The second-order valence-electron chi connectivity index (χ2n) is 20.5. The van der Waals surface area contributed by atoms with Crippen LogP contribution in [0.4, 0.5) is 17.1 Å². The van der Waals surface area contributed by atoms with E-state index in [-0.39, 0.29) is 74.7 Å². The zero-order valence-electron chi connectivity index (χ0n) is 38.6. The number of aliphatic hydroxyl groups is 4. The number of aromatic nitrogens is 1. The van der Waals surface area contributed by atoms with Crippen molar-refractivity contribution in [3.63, 3.8) is 0 Å². The van der Waals surface area contributed by atoms with Gasteiger partial charge in [-0.05, 0) is 121 Å². The minimum atomic E-state index is -0.544. The van der Waals surface area contributed by atoms with Crippen molar-refractivity contribution < 1.29 is 49.0 Å². The summed E-state index contributed by atoms with van der Waals surface area (Å²) < 4.78 is 23.8. The minimum absolute atomic E-state index is 0.00728. The normalized spacial score (nSPS) is 18.3. The zero-order chi connectivity index (χ0) is 46.8. The van der Waals surface area contributed by atoms with Crippen LogP contribution in [0.3, 0.4) is 0 Å². The highest BCUT2D eigenvalue weighted by Crippen LogP contribution is 2.53. The van der Waals surface area contributed by atoms with E-state index < -0.39 is 16.9 Å². The molecule has 0 spiro atoms. The van der Waals surface area contributed by atoms with Gasteiger partial charge in [0.2, 0.25) is 25.4 Å². The Balaban J connectivity index is 0.000000166. The van der Waals surface area contributed by atoms with E-state index in [0.717, 1.165) is 88.2 Å². The van der Waals surface area contributed by atoms with Crippen LogP contribution < -0.4 is 34.5 Å². The van der Waals surface area contributed by atoms with Crippen LogP contribution in [0.2, 0.25) is 0 Å². The number of carbonyl (C=O) groups excluding carboxylic acids is 2. The molecular weight excluding hydrogens is 841 g/mol. The first-order valence-electron chi connectivity index (χ1n) is 23.0. The molecule has 4 aromatic carbocycles. The van der Waals surface area contributed by atoms with Crippen LogP contribution in [0.1, 0.15) is 95.7 Å². The number of anilines is 3. The third-order valence-electron chi connectivity index (χ3n) is 14.1. The standard InChI is InChI=1S/C26H32N2O5.C26H30N2O5/c2*1-25(2,3)23-11-16-10-18(5-6-20(16)28(23)19(13-29)14-30)27-24(31)26(8-9-26)17-4-7-21-22(12-17)33-15-32-21/h4-7,10,12,19,23,29-30H,8-9,11,13-15H2,1-3H3,(H,27,31);4-7,10-12,19,29-30H,8-9,13-15H2,1-3H3,(H,27,31). The lowest BCUT2D eigenvalue weighted by atomic mass is 9.84. The number of nitrogens with one attached hydrogen (secondary N) is 2. The molecule has 1 aromatic heterocycles. The fraction of sp³-hybridized carbons (Fsp3) is 0.462. The van der Waals surface area contributed by atoms with E-state index in [1.54, 1.807) is 0 Å². The molecule has 2 aliphatic carbocycles. The predicted molar refractivity (Wildman–Crippen MR) is 252 cm³/mol. The van der Waals surface area contributed by atoms with E-state index >= 15 is 0 Å². The van der Waals surface area contributed by atoms with Crippen molar-refractivity contribution in [3.8, 4) is 23.0 Å². The van der Waals surface area contributed by atoms with E-state index in [1.165, 1.54) is 0 Å². The van der Waals surface area contributed by atoms with Crippen LogP contribution >= 0.6 is 0 Å². The van der Waals surface area contributed by atoms with Gasteiger partial charge in [0.1, 0.15) is 0 Å². The molecule has 14 nitrogen and oxygen atoms in total. The first-order valence-corrected chi connectivity index (χ1v) is 23.0. The molecule has 5 aliphatic rings. The number of amides is 2. The van der Waals surface area contributed by atoms with Crippen molar-refractivity contribution in [1.29, 1.82) is 0 Å². The average Bonchev–Trinajstić information content (AvgIpc) is 4.04. The summed E-state index contributed by atoms with van der Waals surface area (Å²) in [7, 11) is 0. The number of hydrogen-bond acceptors (Lipinski definition) is 11. The van der Waals surface area contributed by atoms with Gasteiger partial charge in [0.05, 0.1) is 49.3 Å². The largest absolute Gasteiger partial charge is 0.454 e. The summed E-state index contributed by atoms with van der Waals surface area (Å²) in [4.78, 5) is 28.8.